The van der Waals surface area contributed by atoms with Gasteiger partial charge in [0.05, 0.1) is 15.6 Å². The van der Waals surface area contributed by atoms with Crippen LogP contribution in [-0.4, -0.2) is 4.92 Å². The average molecular weight is 365 g/mol. The number of hydrogen-bond donors (Lipinski definition) is 1. The van der Waals surface area contributed by atoms with Gasteiger partial charge in [-0.3, -0.25) is 15.1 Å². The van der Waals surface area contributed by atoms with Crippen LogP contribution in [0.4, 0.5) is 11.4 Å². The first-order valence-corrected chi connectivity index (χ1v) is 6.68. The van der Waals surface area contributed by atoms with Gasteiger partial charge >= 0.3 is 0 Å². The Morgan fingerprint density at radius 2 is 2.05 bits per heavy atom. The molecule has 0 amide bonds. The van der Waals surface area contributed by atoms with E-state index in [1.807, 2.05) is 6.92 Å². The van der Waals surface area contributed by atoms with Gasteiger partial charge in [0.1, 0.15) is 5.02 Å². The molecule has 1 aromatic rings. The lowest BCUT2D eigenvalue weighted by Crippen LogP contribution is -2.32. The van der Waals surface area contributed by atoms with Crippen molar-refractivity contribution in [1.29, 1.82) is 0 Å². The third kappa shape index (κ3) is 2.86. The number of halogens is 3. The van der Waals surface area contributed by atoms with Crippen molar-refractivity contribution in [1.82, 2.24) is 5.43 Å². The quantitative estimate of drug-likeness (QED) is 0.625. The van der Waals surface area contributed by atoms with Crippen molar-refractivity contribution in [2.45, 2.75) is 6.92 Å². The summed E-state index contributed by atoms with van der Waals surface area (Å²) in [7, 11) is 0. The van der Waals surface area contributed by atoms with E-state index >= 15 is 0 Å². The maximum Gasteiger partial charge on any atom is 0.290 e. The highest BCUT2D eigenvalue weighted by molar-refractivity contribution is 9.12. The lowest BCUT2D eigenvalue weighted by atomic mass is 10.2. The van der Waals surface area contributed by atoms with E-state index in [0.29, 0.717) is 10.7 Å². The van der Waals surface area contributed by atoms with E-state index in [-0.39, 0.29) is 10.7 Å². The Morgan fingerprint density at radius 1 is 1.37 bits per heavy atom. The molecule has 0 fully saturated rings. The smallest absolute Gasteiger partial charge is 0.290 e. The van der Waals surface area contributed by atoms with Gasteiger partial charge in [0.15, 0.2) is 0 Å². The van der Waals surface area contributed by atoms with Gasteiger partial charge < -0.3 is 5.43 Å². The second kappa shape index (κ2) is 5.40. The van der Waals surface area contributed by atoms with Gasteiger partial charge in [0, 0.05) is 22.9 Å². The van der Waals surface area contributed by atoms with Crippen molar-refractivity contribution in [2.75, 3.05) is 5.01 Å². The number of hydrazine groups is 1. The molecule has 0 unspecified atom stereocenters. The first-order chi connectivity index (χ1) is 8.90. The molecule has 0 spiro atoms. The van der Waals surface area contributed by atoms with Crippen molar-refractivity contribution < 1.29 is 4.92 Å². The third-order valence-electron chi connectivity index (χ3n) is 2.51. The predicted molar refractivity (Wildman–Crippen MR) is 79.5 cm³/mol. The van der Waals surface area contributed by atoms with Gasteiger partial charge in [-0.2, -0.15) is 0 Å². The average Bonchev–Trinajstić information content (AvgIpc) is 2.32. The van der Waals surface area contributed by atoms with Gasteiger partial charge in [0.2, 0.25) is 0 Å². The molecule has 1 aliphatic rings. The number of nitro groups is 1. The van der Waals surface area contributed by atoms with Crippen LogP contribution in [-0.2, 0) is 0 Å². The Morgan fingerprint density at radius 3 is 2.63 bits per heavy atom. The summed E-state index contributed by atoms with van der Waals surface area (Å²) in [6.07, 6.45) is 3.48. The second-order valence-corrected chi connectivity index (χ2v) is 5.48. The summed E-state index contributed by atoms with van der Waals surface area (Å²) in [5, 5.41) is 12.8. The predicted octanol–water partition coefficient (Wildman–Crippen LogP) is 4.37. The van der Waals surface area contributed by atoms with Crippen molar-refractivity contribution in [2.24, 2.45) is 0 Å². The number of hydrogen-bond acceptors (Lipinski definition) is 4. The summed E-state index contributed by atoms with van der Waals surface area (Å²) in [6, 6.07) is 2.67. The van der Waals surface area contributed by atoms with Gasteiger partial charge in [0.25, 0.3) is 5.69 Å². The second-order valence-electron chi connectivity index (χ2n) is 3.82. The van der Waals surface area contributed by atoms with E-state index in [0.717, 1.165) is 10.1 Å². The Bertz CT molecular complexity index is 616. The number of benzene rings is 1. The van der Waals surface area contributed by atoms with Crippen LogP contribution in [0, 0.1) is 10.1 Å². The van der Waals surface area contributed by atoms with E-state index in [4.69, 9.17) is 23.2 Å². The fraction of sp³-hybridized carbons (Fsp3) is 0.0909. The van der Waals surface area contributed by atoms with E-state index in [1.165, 1.54) is 12.1 Å². The molecule has 0 aliphatic carbocycles. The Labute approximate surface area is 127 Å². The maximum atomic E-state index is 10.9. The van der Waals surface area contributed by atoms with Crippen LogP contribution in [0.25, 0.3) is 0 Å². The first kappa shape index (κ1) is 14.2. The zero-order chi connectivity index (χ0) is 14.2. The highest BCUT2D eigenvalue weighted by atomic mass is 79.9. The molecule has 1 aromatic carbocycles. The van der Waals surface area contributed by atoms with Gasteiger partial charge in [-0.25, -0.2) is 0 Å². The van der Waals surface area contributed by atoms with E-state index in [2.05, 4.69) is 21.4 Å². The van der Waals surface area contributed by atoms with Gasteiger partial charge in [-0.05, 0) is 34.5 Å². The Balaban J connectivity index is 2.47. The highest BCUT2D eigenvalue weighted by Gasteiger charge is 2.20. The largest absolute Gasteiger partial charge is 0.301 e. The van der Waals surface area contributed by atoms with Crippen molar-refractivity contribution in [3.63, 3.8) is 0 Å². The van der Waals surface area contributed by atoms with E-state index < -0.39 is 4.92 Å². The molecule has 0 aromatic heterocycles. The molecule has 1 N–H and O–H groups in total. The number of nitrogens with zero attached hydrogens (tertiary/aromatic N) is 2. The summed E-state index contributed by atoms with van der Waals surface area (Å²) in [5.41, 5.74) is 4.20. The normalized spacial score (nSPS) is 14.6. The minimum atomic E-state index is -0.550. The zero-order valence-corrected chi connectivity index (χ0v) is 12.8. The summed E-state index contributed by atoms with van der Waals surface area (Å²) >= 11 is 15.2. The minimum Gasteiger partial charge on any atom is -0.301 e. The van der Waals surface area contributed by atoms with Crippen LogP contribution in [0.5, 0.6) is 0 Å². The molecule has 2 rings (SSSR count). The standard InChI is InChI=1S/C11H8BrCl2N3O2/c1-6-4-15-16(5-7(6)12)10-3-11(17(18)19)9(14)2-8(10)13/h2-5,15H,1H3. The first-order valence-electron chi connectivity index (χ1n) is 5.13. The van der Waals surface area contributed by atoms with E-state index in [1.54, 1.807) is 17.4 Å². The molecule has 19 heavy (non-hydrogen) atoms. The topological polar surface area (TPSA) is 58.4 Å². The lowest BCUT2D eigenvalue weighted by Gasteiger charge is -2.25. The third-order valence-corrected chi connectivity index (χ3v) is 3.95. The fourth-order valence-corrected chi connectivity index (χ4v) is 2.34. The molecule has 0 radical (unpaired) electrons. The highest BCUT2D eigenvalue weighted by Crippen LogP contribution is 2.36. The summed E-state index contributed by atoms with van der Waals surface area (Å²) in [4.78, 5) is 10.3. The van der Waals surface area contributed by atoms with Crippen LogP contribution in [0.15, 0.2) is 34.6 Å². The molecular formula is C11H8BrCl2N3O2. The van der Waals surface area contributed by atoms with Crippen LogP contribution in [0.2, 0.25) is 10.0 Å². The molecule has 1 aliphatic heterocycles. The molecule has 8 heteroatoms. The lowest BCUT2D eigenvalue weighted by molar-refractivity contribution is -0.384. The summed E-state index contributed by atoms with van der Waals surface area (Å²) < 4.78 is 0.847. The molecule has 0 saturated heterocycles. The number of nitro benzene ring substituents is 1. The molecule has 100 valence electrons. The minimum absolute atomic E-state index is 0.00512. The van der Waals surface area contributed by atoms with Crippen LogP contribution >= 0.6 is 39.1 Å². The SMILES string of the molecule is CC1=CNN(c2cc([N+](=O)[O-])c(Cl)cc2Cl)C=C1Br. The maximum absolute atomic E-state index is 10.9. The molecule has 5 nitrogen and oxygen atoms in total. The Kier molecular flexibility index (Phi) is 4.03. The van der Waals surface area contributed by atoms with Crippen molar-refractivity contribution in [3.05, 3.63) is 54.7 Å². The van der Waals surface area contributed by atoms with Crippen LogP contribution < -0.4 is 10.4 Å². The molecule has 0 atom stereocenters. The van der Waals surface area contributed by atoms with Crippen molar-refractivity contribution >= 4 is 50.5 Å². The monoisotopic (exact) mass is 363 g/mol. The molecule has 0 bridgehead atoms. The number of anilines is 1. The zero-order valence-electron chi connectivity index (χ0n) is 9.65. The van der Waals surface area contributed by atoms with Crippen LogP contribution in [0.3, 0.4) is 0 Å². The Hall–Kier alpha value is -1.24. The number of nitrogens with one attached hydrogen (secondary N) is 1. The molecular weight excluding hydrogens is 357 g/mol. The van der Waals surface area contributed by atoms with Gasteiger partial charge in [-0.15, -0.1) is 0 Å². The number of allylic oxidation sites excluding steroid dienone is 2. The van der Waals surface area contributed by atoms with Crippen LogP contribution in [0.1, 0.15) is 6.92 Å². The molecule has 0 saturated carbocycles. The van der Waals surface area contributed by atoms with E-state index in [9.17, 15) is 10.1 Å². The summed E-state index contributed by atoms with van der Waals surface area (Å²) in [6.45, 7) is 1.91. The summed E-state index contributed by atoms with van der Waals surface area (Å²) in [5.74, 6) is 0. The molecule has 1 heterocycles. The van der Waals surface area contributed by atoms with Gasteiger partial charge in [-0.1, -0.05) is 23.2 Å². The number of rotatable bonds is 2. The van der Waals surface area contributed by atoms with Crippen molar-refractivity contribution in [3.8, 4) is 0 Å². The fourth-order valence-electron chi connectivity index (χ4n) is 1.48.